The highest BCUT2D eigenvalue weighted by molar-refractivity contribution is 6.60. The molecule has 104 valence electrons. The van der Waals surface area contributed by atoms with E-state index in [2.05, 4.69) is 0 Å². The number of carbonyl (C=O) groups is 1. The molecule has 3 nitrogen and oxygen atoms in total. The van der Waals surface area contributed by atoms with Crippen molar-refractivity contribution in [3.05, 3.63) is 60.7 Å². The van der Waals surface area contributed by atoms with Gasteiger partial charge in [0.1, 0.15) is 5.75 Å². The molecule has 0 spiro atoms. The first-order chi connectivity index (χ1) is 9.50. The van der Waals surface area contributed by atoms with E-state index < -0.39 is 10.4 Å². The number of nitrogens with zero attached hydrogens (tertiary/aromatic N) is 1. The van der Waals surface area contributed by atoms with Crippen LogP contribution in [0.4, 0.5) is 5.69 Å². The van der Waals surface area contributed by atoms with Crippen LogP contribution in [0.5, 0.6) is 5.75 Å². The van der Waals surface area contributed by atoms with E-state index in [0.717, 1.165) is 4.42 Å². The minimum atomic E-state index is -2.11. The Morgan fingerprint density at radius 3 is 2.00 bits per heavy atom. The van der Waals surface area contributed by atoms with E-state index in [0.29, 0.717) is 11.4 Å². The number of anilines is 1. The Labute approximate surface area is 131 Å². The minimum Gasteiger partial charge on any atom is -0.450 e. The lowest BCUT2D eigenvalue weighted by atomic mass is 10.3. The van der Waals surface area contributed by atoms with E-state index in [1.54, 1.807) is 60.7 Å². The molecule has 2 aromatic carbocycles. The Bertz CT molecular complexity index is 575. The number of alkyl halides is 2. The SMILES string of the molecule is O=C(N(Cl)c1ccccc1)C(Cl)(Cl)Oc1ccccc1. The van der Waals surface area contributed by atoms with Crippen LogP contribution in [-0.2, 0) is 4.79 Å². The first-order valence-corrected chi connectivity index (χ1v) is 6.77. The van der Waals surface area contributed by atoms with E-state index in [4.69, 9.17) is 39.7 Å². The van der Waals surface area contributed by atoms with Crippen molar-refractivity contribution in [1.29, 1.82) is 0 Å². The highest BCUT2D eigenvalue weighted by atomic mass is 35.5. The molecule has 0 fully saturated rings. The molecule has 0 unspecified atom stereocenters. The van der Waals surface area contributed by atoms with Gasteiger partial charge in [0.2, 0.25) is 0 Å². The van der Waals surface area contributed by atoms with E-state index in [-0.39, 0.29) is 0 Å². The molecule has 0 saturated heterocycles. The number of halogens is 3. The van der Waals surface area contributed by atoms with Crippen LogP contribution in [-0.4, -0.2) is 10.4 Å². The van der Waals surface area contributed by atoms with E-state index in [1.807, 2.05) is 0 Å². The Kier molecular flexibility index (Phi) is 4.76. The van der Waals surface area contributed by atoms with Gasteiger partial charge in [-0.3, -0.25) is 4.79 Å². The number of para-hydroxylation sites is 2. The molecule has 0 bridgehead atoms. The summed E-state index contributed by atoms with van der Waals surface area (Å²) in [5.74, 6) is -0.429. The molecule has 0 aliphatic heterocycles. The predicted octanol–water partition coefficient (Wildman–Crippen LogP) is 4.38. The van der Waals surface area contributed by atoms with Crippen molar-refractivity contribution in [2.45, 2.75) is 4.52 Å². The zero-order valence-electron chi connectivity index (χ0n) is 10.2. The normalized spacial score (nSPS) is 10.9. The van der Waals surface area contributed by atoms with Crippen LogP contribution in [0.1, 0.15) is 0 Å². The Morgan fingerprint density at radius 1 is 0.950 bits per heavy atom. The van der Waals surface area contributed by atoms with Crippen LogP contribution in [0.3, 0.4) is 0 Å². The van der Waals surface area contributed by atoms with Gasteiger partial charge in [-0.05, 0) is 47.5 Å². The second-order valence-corrected chi connectivity index (χ2v) is 5.45. The second-order valence-electron chi connectivity index (χ2n) is 3.85. The van der Waals surface area contributed by atoms with Gasteiger partial charge in [0, 0.05) is 11.8 Å². The second kappa shape index (κ2) is 6.35. The van der Waals surface area contributed by atoms with E-state index >= 15 is 0 Å². The fourth-order valence-electron chi connectivity index (χ4n) is 1.47. The molecular weight excluding hydrogens is 321 g/mol. The van der Waals surface area contributed by atoms with Gasteiger partial charge in [0.25, 0.3) is 0 Å². The van der Waals surface area contributed by atoms with Crippen LogP contribution in [0.15, 0.2) is 60.7 Å². The summed E-state index contributed by atoms with van der Waals surface area (Å²) in [6, 6.07) is 17.1. The number of benzene rings is 2. The molecular formula is C14H10Cl3NO2. The van der Waals surface area contributed by atoms with Crippen molar-refractivity contribution in [2.75, 3.05) is 4.42 Å². The number of hydrogen-bond acceptors (Lipinski definition) is 2. The smallest absolute Gasteiger partial charge is 0.340 e. The lowest BCUT2D eigenvalue weighted by Crippen LogP contribution is -2.41. The van der Waals surface area contributed by atoms with Gasteiger partial charge >= 0.3 is 10.4 Å². The molecule has 0 aromatic heterocycles. The lowest BCUT2D eigenvalue weighted by molar-refractivity contribution is -0.122. The van der Waals surface area contributed by atoms with Crippen LogP contribution in [0.2, 0.25) is 0 Å². The summed E-state index contributed by atoms with van der Waals surface area (Å²) in [6.45, 7) is 0. The summed E-state index contributed by atoms with van der Waals surface area (Å²) in [5, 5.41) is 0. The number of amides is 1. The molecule has 2 aromatic rings. The standard InChI is InChI=1S/C14H10Cl3NO2/c15-14(16,20-12-9-5-2-6-10-12)13(19)18(17)11-7-3-1-4-8-11/h1-10H. The highest BCUT2D eigenvalue weighted by Gasteiger charge is 2.40. The third kappa shape index (κ3) is 3.57. The molecule has 0 radical (unpaired) electrons. The fraction of sp³-hybridized carbons (Fsp3) is 0.0714. The van der Waals surface area contributed by atoms with Gasteiger partial charge in [-0.15, -0.1) is 0 Å². The average molecular weight is 331 g/mol. The summed E-state index contributed by atoms with van der Waals surface area (Å²) in [6.07, 6.45) is 0. The topological polar surface area (TPSA) is 29.5 Å². The van der Waals surface area contributed by atoms with Gasteiger partial charge in [-0.1, -0.05) is 36.4 Å². The quantitative estimate of drug-likeness (QED) is 0.615. The third-order valence-electron chi connectivity index (χ3n) is 2.40. The van der Waals surface area contributed by atoms with Gasteiger partial charge in [0.05, 0.1) is 5.69 Å². The zero-order chi connectivity index (χ0) is 14.6. The van der Waals surface area contributed by atoms with Crippen molar-refractivity contribution in [3.63, 3.8) is 0 Å². The van der Waals surface area contributed by atoms with Crippen molar-refractivity contribution < 1.29 is 9.53 Å². The average Bonchev–Trinajstić information content (AvgIpc) is 2.47. The van der Waals surface area contributed by atoms with E-state index in [9.17, 15) is 4.79 Å². The van der Waals surface area contributed by atoms with Crippen molar-refractivity contribution in [2.24, 2.45) is 0 Å². The molecule has 0 saturated carbocycles. The van der Waals surface area contributed by atoms with E-state index in [1.165, 1.54) is 0 Å². The maximum absolute atomic E-state index is 12.2. The molecule has 20 heavy (non-hydrogen) atoms. The number of carbonyl (C=O) groups excluding carboxylic acids is 1. The number of rotatable bonds is 4. The molecule has 0 heterocycles. The summed E-state index contributed by atoms with van der Waals surface area (Å²) < 4.78 is 3.97. The minimum absolute atomic E-state index is 0.365. The third-order valence-corrected chi connectivity index (χ3v) is 3.23. The summed E-state index contributed by atoms with van der Waals surface area (Å²) in [4.78, 5) is 12.2. The first kappa shape index (κ1) is 15.0. The van der Waals surface area contributed by atoms with Crippen molar-refractivity contribution in [1.82, 2.24) is 0 Å². The predicted molar refractivity (Wildman–Crippen MR) is 81.3 cm³/mol. The maximum Gasteiger partial charge on any atom is 0.340 e. The maximum atomic E-state index is 12.2. The molecule has 0 aliphatic rings. The first-order valence-electron chi connectivity index (χ1n) is 5.68. The Morgan fingerprint density at radius 2 is 1.45 bits per heavy atom. The number of ether oxygens (including phenoxy) is 1. The van der Waals surface area contributed by atoms with Gasteiger partial charge < -0.3 is 4.74 Å². The van der Waals surface area contributed by atoms with Gasteiger partial charge in [0.15, 0.2) is 0 Å². The monoisotopic (exact) mass is 329 g/mol. The fourth-order valence-corrected chi connectivity index (χ4v) is 2.14. The van der Waals surface area contributed by atoms with Gasteiger partial charge in [-0.25, -0.2) is 4.42 Å². The van der Waals surface area contributed by atoms with Crippen molar-refractivity contribution >= 4 is 46.6 Å². The Balaban J connectivity index is 2.15. The molecule has 2 rings (SSSR count). The van der Waals surface area contributed by atoms with Crippen LogP contribution < -0.4 is 9.16 Å². The molecule has 0 atom stereocenters. The summed E-state index contributed by atoms with van der Waals surface area (Å²) in [7, 11) is 0. The lowest BCUT2D eigenvalue weighted by Gasteiger charge is -2.24. The summed E-state index contributed by atoms with van der Waals surface area (Å²) in [5.41, 5.74) is 0.446. The zero-order valence-corrected chi connectivity index (χ0v) is 12.4. The van der Waals surface area contributed by atoms with Crippen molar-refractivity contribution in [3.8, 4) is 5.75 Å². The van der Waals surface area contributed by atoms with Crippen LogP contribution >= 0.6 is 35.0 Å². The van der Waals surface area contributed by atoms with Crippen LogP contribution in [0.25, 0.3) is 0 Å². The molecule has 0 N–H and O–H groups in total. The van der Waals surface area contributed by atoms with Crippen LogP contribution in [0, 0.1) is 0 Å². The molecule has 0 aliphatic carbocycles. The molecule has 6 heteroatoms. The highest BCUT2D eigenvalue weighted by Crippen LogP contribution is 2.31. The Hall–Kier alpha value is -1.42. The van der Waals surface area contributed by atoms with Gasteiger partial charge in [-0.2, -0.15) is 0 Å². The largest absolute Gasteiger partial charge is 0.450 e. The molecule has 1 amide bonds. The number of hydrogen-bond donors (Lipinski definition) is 0. The summed E-state index contributed by atoms with van der Waals surface area (Å²) >= 11 is 17.8.